The van der Waals surface area contributed by atoms with Crippen molar-refractivity contribution in [2.24, 2.45) is 0 Å². The molecule has 0 amide bonds. The van der Waals surface area contributed by atoms with Gasteiger partial charge in [0.15, 0.2) is 0 Å². The SMILES string of the molecule is CC1C=C(F)CN1C. The largest absolute Gasteiger partial charge is 0.294 e. The van der Waals surface area contributed by atoms with Crippen molar-refractivity contribution in [1.82, 2.24) is 4.90 Å². The van der Waals surface area contributed by atoms with Gasteiger partial charge in [-0.3, -0.25) is 4.90 Å². The molecule has 0 aliphatic carbocycles. The second-order valence-corrected chi connectivity index (χ2v) is 2.27. The summed E-state index contributed by atoms with van der Waals surface area (Å²) in [5, 5.41) is 0. The van der Waals surface area contributed by atoms with Crippen molar-refractivity contribution in [2.75, 3.05) is 13.6 Å². The van der Waals surface area contributed by atoms with E-state index in [1.165, 1.54) is 0 Å². The monoisotopic (exact) mass is 115 g/mol. The van der Waals surface area contributed by atoms with Crippen molar-refractivity contribution in [2.45, 2.75) is 13.0 Å². The van der Waals surface area contributed by atoms with Crippen LogP contribution in [0.25, 0.3) is 0 Å². The summed E-state index contributed by atoms with van der Waals surface area (Å²) in [7, 11) is 1.91. The molecule has 0 aromatic carbocycles. The average molecular weight is 115 g/mol. The highest BCUT2D eigenvalue weighted by Gasteiger charge is 2.15. The minimum atomic E-state index is 0.000000000000000444. The van der Waals surface area contributed by atoms with Crippen molar-refractivity contribution in [3.8, 4) is 0 Å². The van der Waals surface area contributed by atoms with E-state index in [9.17, 15) is 4.39 Å². The van der Waals surface area contributed by atoms with Crippen LogP contribution in [-0.4, -0.2) is 24.5 Å². The van der Waals surface area contributed by atoms with Gasteiger partial charge < -0.3 is 0 Å². The van der Waals surface area contributed by atoms with Crippen molar-refractivity contribution in [3.05, 3.63) is 11.9 Å². The average Bonchev–Trinajstić information content (AvgIpc) is 1.85. The Labute approximate surface area is 48.8 Å². The zero-order chi connectivity index (χ0) is 6.15. The topological polar surface area (TPSA) is 3.24 Å². The summed E-state index contributed by atoms with van der Waals surface area (Å²) in [5.74, 6) is 0.000000000000000444. The molecule has 0 saturated carbocycles. The summed E-state index contributed by atoms with van der Waals surface area (Å²) in [6, 6.07) is 0.287. The third-order valence-corrected chi connectivity index (χ3v) is 1.52. The highest BCUT2D eigenvalue weighted by molar-refractivity contribution is 5.07. The molecular formula is C6H10FN. The molecule has 0 N–H and O–H groups in total. The lowest BCUT2D eigenvalue weighted by Gasteiger charge is -2.11. The summed E-state index contributed by atoms with van der Waals surface area (Å²) in [6.07, 6.45) is 1.64. The number of rotatable bonds is 0. The first-order valence-electron chi connectivity index (χ1n) is 2.76. The van der Waals surface area contributed by atoms with E-state index in [0.29, 0.717) is 6.54 Å². The van der Waals surface area contributed by atoms with E-state index in [1.54, 1.807) is 6.08 Å². The lowest BCUT2D eigenvalue weighted by atomic mass is 10.3. The van der Waals surface area contributed by atoms with E-state index in [2.05, 4.69) is 0 Å². The van der Waals surface area contributed by atoms with E-state index < -0.39 is 0 Å². The molecule has 0 aromatic heterocycles. The number of nitrogens with zero attached hydrogens (tertiary/aromatic N) is 1. The third-order valence-electron chi connectivity index (χ3n) is 1.52. The predicted octanol–water partition coefficient (Wildman–Crippen LogP) is 1.17. The minimum absolute atomic E-state index is 0.000000000000000444. The van der Waals surface area contributed by atoms with E-state index in [4.69, 9.17) is 0 Å². The number of hydrogen-bond donors (Lipinski definition) is 0. The van der Waals surface area contributed by atoms with Crippen molar-refractivity contribution in [1.29, 1.82) is 0 Å². The van der Waals surface area contributed by atoms with Gasteiger partial charge in [0.05, 0.1) is 6.54 Å². The smallest absolute Gasteiger partial charge is 0.111 e. The molecule has 2 heteroatoms. The van der Waals surface area contributed by atoms with E-state index in [0.717, 1.165) is 0 Å². The first-order valence-corrected chi connectivity index (χ1v) is 2.76. The van der Waals surface area contributed by atoms with Gasteiger partial charge in [-0.15, -0.1) is 0 Å². The molecule has 0 spiro atoms. The Morgan fingerprint density at radius 1 is 1.88 bits per heavy atom. The molecule has 46 valence electrons. The molecule has 8 heavy (non-hydrogen) atoms. The van der Waals surface area contributed by atoms with Crippen molar-refractivity contribution in [3.63, 3.8) is 0 Å². The Balaban J connectivity index is 2.56. The molecule has 0 fully saturated rings. The highest BCUT2D eigenvalue weighted by atomic mass is 19.1. The molecular weight excluding hydrogens is 105 g/mol. The van der Waals surface area contributed by atoms with E-state index in [-0.39, 0.29) is 11.9 Å². The molecule has 0 aromatic rings. The maximum Gasteiger partial charge on any atom is 0.111 e. The fourth-order valence-electron chi connectivity index (χ4n) is 0.824. The molecule has 1 rings (SSSR count). The molecule has 1 nitrogen and oxygen atoms in total. The van der Waals surface area contributed by atoms with E-state index in [1.807, 2.05) is 18.9 Å². The van der Waals surface area contributed by atoms with Crippen LogP contribution in [0, 0.1) is 0 Å². The second kappa shape index (κ2) is 1.86. The summed E-state index contributed by atoms with van der Waals surface area (Å²) in [4.78, 5) is 1.95. The van der Waals surface area contributed by atoms with Crippen LogP contribution in [0.1, 0.15) is 6.92 Å². The van der Waals surface area contributed by atoms with Gasteiger partial charge in [0, 0.05) is 6.04 Å². The third kappa shape index (κ3) is 0.892. The molecule has 1 atom stereocenters. The Morgan fingerprint density at radius 2 is 2.50 bits per heavy atom. The van der Waals surface area contributed by atoms with Gasteiger partial charge in [0.1, 0.15) is 5.83 Å². The maximum atomic E-state index is 12.2. The fraction of sp³-hybridized carbons (Fsp3) is 0.667. The van der Waals surface area contributed by atoms with Crippen LogP contribution in [0.2, 0.25) is 0 Å². The summed E-state index contributed by atoms with van der Waals surface area (Å²) < 4.78 is 12.2. The zero-order valence-corrected chi connectivity index (χ0v) is 5.19. The van der Waals surface area contributed by atoms with Crippen LogP contribution in [0.3, 0.4) is 0 Å². The van der Waals surface area contributed by atoms with Gasteiger partial charge in [-0.1, -0.05) is 0 Å². The fourth-order valence-corrected chi connectivity index (χ4v) is 0.824. The lowest BCUT2D eigenvalue weighted by Crippen LogP contribution is -2.22. The molecule has 1 unspecified atom stereocenters. The van der Waals surface area contributed by atoms with Crippen molar-refractivity contribution < 1.29 is 4.39 Å². The Hall–Kier alpha value is -0.370. The van der Waals surface area contributed by atoms with Gasteiger partial charge in [0.25, 0.3) is 0 Å². The van der Waals surface area contributed by atoms with Gasteiger partial charge >= 0.3 is 0 Å². The molecule has 0 bridgehead atoms. The van der Waals surface area contributed by atoms with Crippen LogP contribution in [-0.2, 0) is 0 Å². The van der Waals surface area contributed by atoms with Crippen molar-refractivity contribution >= 4 is 0 Å². The van der Waals surface area contributed by atoms with Gasteiger partial charge in [-0.25, -0.2) is 4.39 Å². The quantitative estimate of drug-likeness (QED) is 0.458. The second-order valence-electron chi connectivity index (χ2n) is 2.27. The Bertz CT molecular complexity index is 120. The molecule has 1 aliphatic heterocycles. The summed E-state index contributed by atoms with van der Waals surface area (Å²) in [5.41, 5.74) is 0. The predicted molar refractivity (Wildman–Crippen MR) is 31.3 cm³/mol. The molecule has 0 radical (unpaired) electrons. The van der Waals surface area contributed by atoms with E-state index >= 15 is 0 Å². The van der Waals surface area contributed by atoms with Crippen LogP contribution >= 0.6 is 0 Å². The lowest BCUT2D eigenvalue weighted by molar-refractivity contribution is 0.336. The van der Waals surface area contributed by atoms with Crippen LogP contribution in [0.4, 0.5) is 4.39 Å². The van der Waals surface area contributed by atoms with Crippen LogP contribution in [0.15, 0.2) is 11.9 Å². The molecule has 1 aliphatic rings. The Morgan fingerprint density at radius 3 is 2.62 bits per heavy atom. The Kier molecular flexibility index (Phi) is 1.34. The molecule has 1 heterocycles. The zero-order valence-electron chi connectivity index (χ0n) is 5.19. The first-order chi connectivity index (χ1) is 3.70. The summed E-state index contributed by atoms with van der Waals surface area (Å²) >= 11 is 0. The van der Waals surface area contributed by atoms with Gasteiger partial charge in [0.2, 0.25) is 0 Å². The van der Waals surface area contributed by atoms with Crippen LogP contribution in [0.5, 0.6) is 0 Å². The minimum Gasteiger partial charge on any atom is -0.294 e. The number of likely N-dealkylation sites (N-methyl/N-ethyl adjacent to an activating group) is 1. The van der Waals surface area contributed by atoms with Gasteiger partial charge in [-0.05, 0) is 20.0 Å². The standard InChI is InChI=1S/C6H10FN/c1-5-3-6(7)4-8(5)2/h3,5H,4H2,1-2H3. The maximum absolute atomic E-state index is 12.2. The van der Waals surface area contributed by atoms with Crippen LogP contribution < -0.4 is 0 Å². The van der Waals surface area contributed by atoms with Gasteiger partial charge in [-0.2, -0.15) is 0 Å². The normalized spacial score (nSPS) is 30.9. The molecule has 0 saturated heterocycles. The first kappa shape index (κ1) is 5.76. The summed E-state index contributed by atoms with van der Waals surface area (Å²) in [6.45, 7) is 2.47. The number of hydrogen-bond acceptors (Lipinski definition) is 1. The highest BCUT2D eigenvalue weighted by Crippen LogP contribution is 2.13. The number of halogens is 1.